The van der Waals surface area contributed by atoms with Gasteiger partial charge >= 0.3 is 0 Å². The summed E-state index contributed by atoms with van der Waals surface area (Å²) in [6.07, 6.45) is -1.11. The van der Waals surface area contributed by atoms with Crippen LogP contribution in [0, 0.1) is 6.92 Å². The quantitative estimate of drug-likeness (QED) is 0.311. The highest BCUT2D eigenvalue weighted by molar-refractivity contribution is 7.18. The molecular weight excluding hydrogens is 519 g/mol. The molecule has 3 atom stereocenters. The van der Waals surface area contributed by atoms with Gasteiger partial charge in [0.2, 0.25) is 0 Å². The Balaban J connectivity index is 1.23. The predicted octanol–water partition coefficient (Wildman–Crippen LogP) is 5.86. The molecule has 5 rings (SSSR count). The summed E-state index contributed by atoms with van der Waals surface area (Å²) in [5.41, 5.74) is 2.61. The van der Waals surface area contributed by atoms with Crippen LogP contribution in [-0.2, 0) is 6.54 Å². The number of halogens is 2. The van der Waals surface area contributed by atoms with Gasteiger partial charge in [0, 0.05) is 49.9 Å². The second-order valence-corrected chi connectivity index (χ2v) is 11.3. The summed E-state index contributed by atoms with van der Waals surface area (Å²) in [5, 5.41) is 16.8. The number of aliphatic hydroxyl groups is 1. The first-order valence-corrected chi connectivity index (χ1v) is 13.4. The van der Waals surface area contributed by atoms with Crippen LogP contribution in [0.4, 0.5) is 0 Å². The zero-order chi connectivity index (χ0) is 25.4. The molecule has 1 N–H and O–H groups in total. The number of thiazole rings is 1. The number of rotatable bonds is 7. The Morgan fingerprint density at radius 1 is 1.17 bits per heavy atom. The van der Waals surface area contributed by atoms with E-state index >= 15 is 0 Å². The van der Waals surface area contributed by atoms with E-state index in [1.54, 1.807) is 30.4 Å². The van der Waals surface area contributed by atoms with E-state index in [9.17, 15) is 5.11 Å². The fourth-order valence-electron chi connectivity index (χ4n) is 4.65. The maximum absolute atomic E-state index is 10.6. The van der Waals surface area contributed by atoms with Gasteiger partial charge in [0.05, 0.1) is 31.0 Å². The Morgan fingerprint density at radius 3 is 2.75 bits per heavy atom. The minimum atomic E-state index is -0.656. The van der Waals surface area contributed by atoms with Gasteiger partial charge in [-0.3, -0.25) is 9.80 Å². The highest BCUT2D eigenvalue weighted by Crippen LogP contribution is 2.30. The van der Waals surface area contributed by atoms with Crippen molar-refractivity contribution in [3.63, 3.8) is 0 Å². The molecule has 10 heteroatoms. The smallest absolute Gasteiger partial charge is 0.178 e. The van der Waals surface area contributed by atoms with E-state index in [1.165, 1.54) is 0 Å². The Hall–Kier alpha value is -2.20. The van der Waals surface area contributed by atoms with E-state index in [2.05, 4.69) is 26.9 Å². The largest absolute Gasteiger partial charge is 0.472 e. The summed E-state index contributed by atoms with van der Waals surface area (Å²) >= 11 is 13.8. The van der Waals surface area contributed by atoms with Crippen LogP contribution in [0.1, 0.15) is 24.5 Å². The van der Waals surface area contributed by atoms with Crippen LogP contribution < -0.4 is 4.74 Å². The fourth-order valence-corrected chi connectivity index (χ4v) is 5.75. The molecule has 0 aliphatic carbocycles. The molecule has 0 bridgehead atoms. The lowest BCUT2D eigenvalue weighted by Gasteiger charge is -2.44. The molecule has 0 radical (unpaired) electrons. The maximum atomic E-state index is 10.6. The second kappa shape index (κ2) is 10.7. The van der Waals surface area contributed by atoms with E-state index < -0.39 is 12.3 Å². The van der Waals surface area contributed by atoms with Gasteiger partial charge in [-0.1, -0.05) is 28.4 Å². The SMILES string of the molecule is Cc1nc2cc(OC([C@@H](C)O)N3CCN(Cc4cc(-c5ccc(Cl)c(Cl)c5)on4)C[C@@H]3C)ccc2s1. The first-order chi connectivity index (χ1) is 17.3. The average molecular weight is 548 g/mol. The summed E-state index contributed by atoms with van der Waals surface area (Å²) in [6.45, 7) is 8.98. The van der Waals surface area contributed by atoms with E-state index in [0.29, 0.717) is 28.1 Å². The van der Waals surface area contributed by atoms with E-state index in [0.717, 1.165) is 46.1 Å². The van der Waals surface area contributed by atoms with Crippen molar-refractivity contribution in [1.29, 1.82) is 0 Å². The maximum Gasteiger partial charge on any atom is 0.178 e. The highest BCUT2D eigenvalue weighted by Gasteiger charge is 2.33. The number of nitrogens with zero attached hydrogens (tertiary/aromatic N) is 4. The van der Waals surface area contributed by atoms with Crippen LogP contribution >= 0.6 is 34.5 Å². The minimum Gasteiger partial charge on any atom is -0.472 e. The lowest BCUT2D eigenvalue weighted by atomic mass is 10.1. The molecule has 2 aromatic carbocycles. The molecule has 0 saturated carbocycles. The Morgan fingerprint density at radius 2 is 2.00 bits per heavy atom. The fraction of sp³-hybridized carbons (Fsp3) is 0.385. The Kier molecular flexibility index (Phi) is 7.53. The van der Waals surface area contributed by atoms with Crippen LogP contribution in [-0.4, -0.2) is 63.1 Å². The standard InChI is InChI=1S/C26H28Cl2N4O3S/c1-15-13-31(14-19-11-24(35-30-19)18-4-6-21(27)22(28)10-18)8-9-32(15)26(16(2)33)34-20-5-7-25-23(12-20)29-17(3)36-25/h4-7,10-12,15-16,26,33H,8-9,13-14H2,1-3H3/t15-,16+,26?/m0/s1. The second-order valence-electron chi connectivity index (χ2n) is 9.24. The van der Waals surface area contributed by atoms with Crippen molar-refractivity contribution in [1.82, 2.24) is 19.9 Å². The van der Waals surface area contributed by atoms with Crippen LogP contribution in [0.15, 0.2) is 47.0 Å². The summed E-state index contributed by atoms with van der Waals surface area (Å²) in [7, 11) is 0. The Labute approximate surface area is 224 Å². The molecule has 190 valence electrons. The van der Waals surface area contributed by atoms with Crippen molar-refractivity contribution < 1.29 is 14.4 Å². The summed E-state index contributed by atoms with van der Waals surface area (Å²) < 4.78 is 13.0. The first-order valence-electron chi connectivity index (χ1n) is 11.9. The molecular formula is C26H28Cl2N4O3S. The third-order valence-electron chi connectivity index (χ3n) is 6.37. The molecule has 1 saturated heterocycles. The van der Waals surface area contributed by atoms with Crippen LogP contribution in [0.25, 0.3) is 21.5 Å². The number of fused-ring (bicyclic) bond motifs is 1. The highest BCUT2D eigenvalue weighted by atomic mass is 35.5. The molecule has 7 nitrogen and oxygen atoms in total. The number of aromatic nitrogens is 2. The molecule has 36 heavy (non-hydrogen) atoms. The van der Waals surface area contributed by atoms with Crippen molar-refractivity contribution in [3.8, 4) is 17.1 Å². The average Bonchev–Trinajstić information content (AvgIpc) is 3.45. The van der Waals surface area contributed by atoms with E-state index in [4.69, 9.17) is 32.5 Å². The normalized spacial score (nSPS) is 19.0. The van der Waals surface area contributed by atoms with Crippen molar-refractivity contribution in [2.75, 3.05) is 19.6 Å². The number of hydrogen-bond acceptors (Lipinski definition) is 8. The van der Waals surface area contributed by atoms with Gasteiger partial charge in [-0.05, 0) is 51.1 Å². The van der Waals surface area contributed by atoms with Gasteiger partial charge in [0.25, 0.3) is 0 Å². The lowest BCUT2D eigenvalue weighted by Crippen LogP contribution is -2.59. The molecule has 1 fully saturated rings. The van der Waals surface area contributed by atoms with Crippen LogP contribution in [0.2, 0.25) is 10.0 Å². The van der Waals surface area contributed by atoms with Crippen molar-refractivity contribution >= 4 is 44.8 Å². The molecule has 0 spiro atoms. The molecule has 1 aliphatic rings. The molecule has 2 aromatic heterocycles. The van der Waals surface area contributed by atoms with Crippen LogP contribution in [0.5, 0.6) is 5.75 Å². The van der Waals surface area contributed by atoms with Gasteiger partial charge < -0.3 is 14.4 Å². The van der Waals surface area contributed by atoms with Crippen molar-refractivity contribution in [2.24, 2.45) is 0 Å². The van der Waals surface area contributed by atoms with Crippen molar-refractivity contribution in [3.05, 3.63) is 63.2 Å². The molecule has 4 aromatic rings. The van der Waals surface area contributed by atoms with Gasteiger partial charge in [0.1, 0.15) is 11.9 Å². The topological polar surface area (TPSA) is 74.9 Å². The van der Waals surface area contributed by atoms with E-state index in [1.807, 2.05) is 37.3 Å². The van der Waals surface area contributed by atoms with Gasteiger partial charge in [-0.2, -0.15) is 0 Å². The summed E-state index contributed by atoms with van der Waals surface area (Å²) in [4.78, 5) is 9.12. The number of hydrogen-bond donors (Lipinski definition) is 1. The molecule has 3 heterocycles. The molecule has 0 amide bonds. The zero-order valence-electron chi connectivity index (χ0n) is 20.3. The lowest BCUT2D eigenvalue weighted by molar-refractivity contribution is -0.0959. The van der Waals surface area contributed by atoms with Gasteiger partial charge in [-0.15, -0.1) is 11.3 Å². The number of ether oxygens (including phenoxy) is 1. The number of piperazine rings is 1. The molecule has 1 unspecified atom stereocenters. The summed E-state index contributed by atoms with van der Waals surface area (Å²) in [5.74, 6) is 1.37. The van der Waals surface area contributed by atoms with Gasteiger partial charge in [0.15, 0.2) is 12.0 Å². The van der Waals surface area contributed by atoms with Crippen molar-refractivity contribution in [2.45, 2.75) is 45.7 Å². The summed E-state index contributed by atoms with van der Waals surface area (Å²) in [6, 6.07) is 13.4. The third kappa shape index (κ3) is 5.54. The first kappa shape index (κ1) is 25.4. The number of aryl methyl sites for hydroxylation is 1. The monoisotopic (exact) mass is 546 g/mol. The number of aliphatic hydroxyl groups excluding tert-OH is 1. The molecule has 1 aliphatic heterocycles. The number of benzene rings is 2. The third-order valence-corrected chi connectivity index (χ3v) is 8.06. The minimum absolute atomic E-state index is 0.171. The van der Waals surface area contributed by atoms with Gasteiger partial charge in [-0.25, -0.2) is 4.98 Å². The zero-order valence-corrected chi connectivity index (χ0v) is 22.6. The van der Waals surface area contributed by atoms with Crippen LogP contribution in [0.3, 0.4) is 0 Å². The van der Waals surface area contributed by atoms with E-state index in [-0.39, 0.29) is 6.04 Å². The Bertz CT molecular complexity index is 1360. The predicted molar refractivity (Wildman–Crippen MR) is 144 cm³/mol.